The Balaban J connectivity index is 1.78. The maximum atomic E-state index is 12.5. The van der Waals surface area contributed by atoms with Crippen LogP contribution in [0.3, 0.4) is 0 Å². The molecule has 1 heterocycles. The number of carbonyl (C=O) groups is 1. The molecule has 5 nitrogen and oxygen atoms in total. The van der Waals surface area contributed by atoms with Crippen molar-refractivity contribution in [1.29, 1.82) is 0 Å². The molecule has 0 atom stereocenters. The van der Waals surface area contributed by atoms with Crippen molar-refractivity contribution in [2.45, 2.75) is 6.61 Å². The second-order valence-electron chi connectivity index (χ2n) is 5.59. The Morgan fingerprint density at radius 3 is 2.50 bits per heavy atom. The number of para-hydroxylation sites is 1. The lowest BCUT2D eigenvalue weighted by atomic mass is 10.1. The monoisotopic (exact) mass is 382 g/mol. The molecule has 0 unspecified atom stereocenters. The molecule has 1 aliphatic heterocycles. The van der Waals surface area contributed by atoms with E-state index in [0.29, 0.717) is 42.6 Å². The SMILES string of the molecule is O=C(Nc1cccc(Cl)c1N1CCOCC1)c1ccc(OC(F)F)cc1. The molecule has 138 valence electrons. The van der Waals surface area contributed by atoms with Gasteiger partial charge in [0.25, 0.3) is 5.91 Å². The molecule has 0 aliphatic carbocycles. The number of nitrogens with one attached hydrogen (secondary N) is 1. The Morgan fingerprint density at radius 1 is 1.15 bits per heavy atom. The highest BCUT2D eigenvalue weighted by Gasteiger charge is 2.19. The lowest BCUT2D eigenvalue weighted by molar-refractivity contribution is -0.0498. The van der Waals surface area contributed by atoms with Gasteiger partial charge in [-0.05, 0) is 36.4 Å². The van der Waals surface area contributed by atoms with E-state index in [-0.39, 0.29) is 11.7 Å². The van der Waals surface area contributed by atoms with Gasteiger partial charge in [-0.3, -0.25) is 4.79 Å². The van der Waals surface area contributed by atoms with E-state index in [1.54, 1.807) is 18.2 Å². The molecular weight excluding hydrogens is 366 g/mol. The standard InChI is InChI=1S/C18H17ClF2N2O3/c19-14-2-1-3-15(16(14)23-8-10-25-11-9-23)22-17(24)12-4-6-13(7-5-12)26-18(20)21/h1-7,18H,8-11H2,(H,22,24). The largest absolute Gasteiger partial charge is 0.435 e. The minimum atomic E-state index is -2.91. The maximum absolute atomic E-state index is 12.5. The molecule has 0 aromatic heterocycles. The normalized spacial score (nSPS) is 14.4. The molecule has 1 aliphatic rings. The van der Waals surface area contributed by atoms with Crippen molar-refractivity contribution in [3.63, 3.8) is 0 Å². The number of amides is 1. The first-order chi connectivity index (χ1) is 12.5. The predicted octanol–water partition coefficient (Wildman–Crippen LogP) is 4.03. The van der Waals surface area contributed by atoms with E-state index in [1.807, 2.05) is 0 Å². The number of rotatable bonds is 5. The maximum Gasteiger partial charge on any atom is 0.387 e. The number of anilines is 2. The third-order valence-corrected chi connectivity index (χ3v) is 4.21. The first kappa shape index (κ1) is 18.4. The molecule has 2 aromatic carbocycles. The molecule has 0 saturated carbocycles. The van der Waals surface area contributed by atoms with Gasteiger partial charge in [0.2, 0.25) is 0 Å². The van der Waals surface area contributed by atoms with Crippen LogP contribution in [-0.4, -0.2) is 38.8 Å². The van der Waals surface area contributed by atoms with E-state index < -0.39 is 6.61 Å². The van der Waals surface area contributed by atoms with Crippen LogP contribution in [0.1, 0.15) is 10.4 Å². The van der Waals surface area contributed by atoms with Gasteiger partial charge in [-0.2, -0.15) is 8.78 Å². The van der Waals surface area contributed by atoms with Gasteiger partial charge in [0.1, 0.15) is 5.75 Å². The number of hydrogen-bond acceptors (Lipinski definition) is 4. The van der Waals surface area contributed by atoms with E-state index >= 15 is 0 Å². The smallest absolute Gasteiger partial charge is 0.387 e. The molecule has 8 heteroatoms. The van der Waals surface area contributed by atoms with Crippen LogP contribution in [0.2, 0.25) is 5.02 Å². The van der Waals surface area contributed by atoms with Crippen LogP contribution in [0.15, 0.2) is 42.5 Å². The molecular formula is C18H17ClF2N2O3. The molecule has 3 rings (SSSR count). The van der Waals surface area contributed by atoms with Gasteiger partial charge < -0.3 is 19.7 Å². The average molecular weight is 383 g/mol. The van der Waals surface area contributed by atoms with Crippen LogP contribution in [0.4, 0.5) is 20.2 Å². The molecule has 2 aromatic rings. The number of carbonyl (C=O) groups excluding carboxylic acids is 1. The Kier molecular flexibility index (Phi) is 5.90. The van der Waals surface area contributed by atoms with Crippen molar-refractivity contribution >= 4 is 28.9 Å². The average Bonchev–Trinajstić information content (AvgIpc) is 2.62. The summed E-state index contributed by atoms with van der Waals surface area (Å²) in [5.74, 6) is -0.376. The number of morpholine rings is 1. The molecule has 26 heavy (non-hydrogen) atoms. The van der Waals surface area contributed by atoms with E-state index in [4.69, 9.17) is 16.3 Å². The summed E-state index contributed by atoms with van der Waals surface area (Å²) in [5, 5.41) is 3.36. The minimum absolute atomic E-state index is 0.00619. The van der Waals surface area contributed by atoms with Gasteiger partial charge in [-0.1, -0.05) is 17.7 Å². The molecule has 0 spiro atoms. The van der Waals surface area contributed by atoms with Crippen molar-refractivity contribution < 1.29 is 23.0 Å². The summed E-state index contributed by atoms with van der Waals surface area (Å²) in [4.78, 5) is 14.6. The van der Waals surface area contributed by atoms with Crippen LogP contribution < -0.4 is 15.0 Å². The fourth-order valence-electron chi connectivity index (χ4n) is 2.71. The zero-order chi connectivity index (χ0) is 18.5. The zero-order valence-corrected chi connectivity index (χ0v) is 14.5. The number of alkyl halides is 2. The van der Waals surface area contributed by atoms with E-state index in [1.165, 1.54) is 24.3 Å². The van der Waals surface area contributed by atoms with Gasteiger partial charge in [0.15, 0.2) is 0 Å². The highest BCUT2D eigenvalue weighted by Crippen LogP contribution is 2.34. The Labute approximate surface area is 154 Å². The first-order valence-corrected chi connectivity index (χ1v) is 8.40. The van der Waals surface area contributed by atoms with Gasteiger partial charge in [0.05, 0.1) is 29.6 Å². The summed E-state index contributed by atoms with van der Waals surface area (Å²) < 4.78 is 34.0. The summed E-state index contributed by atoms with van der Waals surface area (Å²) in [6.07, 6.45) is 0. The third kappa shape index (κ3) is 4.42. The topological polar surface area (TPSA) is 50.8 Å². The van der Waals surface area contributed by atoms with Gasteiger partial charge in [-0.25, -0.2) is 0 Å². The summed E-state index contributed by atoms with van der Waals surface area (Å²) >= 11 is 6.34. The second kappa shape index (κ2) is 8.33. The van der Waals surface area contributed by atoms with Crippen LogP contribution in [0.25, 0.3) is 0 Å². The molecule has 0 bridgehead atoms. The van der Waals surface area contributed by atoms with Crippen molar-refractivity contribution in [1.82, 2.24) is 0 Å². The lowest BCUT2D eigenvalue weighted by Gasteiger charge is -2.31. The number of ether oxygens (including phenoxy) is 2. The molecule has 1 amide bonds. The summed E-state index contributed by atoms with van der Waals surface area (Å²) in [6.45, 7) is -0.385. The molecule has 1 N–H and O–H groups in total. The highest BCUT2D eigenvalue weighted by atomic mass is 35.5. The van der Waals surface area contributed by atoms with Crippen molar-refractivity contribution in [2.24, 2.45) is 0 Å². The fraction of sp³-hybridized carbons (Fsp3) is 0.278. The number of hydrogen-bond donors (Lipinski definition) is 1. The molecule has 0 radical (unpaired) electrons. The van der Waals surface area contributed by atoms with Crippen molar-refractivity contribution in [3.05, 3.63) is 53.1 Å². The van der Waals surface area contributed by atoms with Gasteiger partial charge in [0, 0.05) is 18.7 Å². The summed E-state index contributed by atoms with van der Waals surface area (Å²) in [5.41, 5.74) is 1.64. The number of halogens is 3. The number of benzene rings is 2. The molecule has 1 saturated heterocycles. The Bertz CT molecular complexity index is 766. The quantitative estimate of drug-likeness (QED) is 0.848. The Hall–Kier alpha value is -2.38. The zero-order valence-electron chi connectivity index (χ0n) is 13.8. The minimum Gasteiger partial charge on any atom is -0.435 e. The first-order valence-electron chi connectivity index (χ1n) is 8.02. The summed E-state index contributed by atoms with van der Waals surface area (Å²) in [6, 6.07) is 10.8. The van der Waals surface area contributed by atoms with Crippen LogP contribution >= 0.6 is 11.6 Å². The predicted molar refractivity (Wildman–Crippen MR) is 95.5 cm³/mol. The third-order valence-electron chi connectivity index (χ3n) is 3.90. The fourth-order valence-corrected chi connectivity index (χ4v) is 3.00. The lowest BCUT2D eigenvalue weighted by Crippen LogP contribution is -2.37. The molecule has 1 fully saturated rings. The van der Waals surface area contributed by atoms with Crippen LogP contribution in [0.5, 0.6) is 5.75 Å². The number of nitrogens with zero attached hydrogens (tertiary/aromatic N) is 1. The van der Waals surface area contributed by atoms with Crippen molar-refractivity contribution in [3.8, 4) is 5.75 Å². The van der Waals surface area contributed by atoms with Crippen LogP contribution in [-0.2, 0) is 4.74 Å². The van der Waals surface area contributed by atoms with Gasteiger partial charge >= 0.3 is 6.61 Å². The second-order valence-corrected chi connectivity index (χ2v) is 6.00. The highest BCUT2D eigenvalue weighted by molar-refractivity contribution is 6.34. The van der Waals surface area contributed by atoms with E-state index in [2.05, 4.69) is 15.0 Å². The Morgan fingerprint density at radius 2 is 1.85 bits per heavy atom. The van der Waals surface area contributed by atoms with Gasteiger partial charge in [-0.15, -0.1) is 0 Å². The summed E-state index contributed by atoms with van der Waals surface area (Å²) in [7, 11) is 0. The van der Waals surface area contributed by atoms with Crippen molar-refractivity contribution in [2.75, 3.05) is 36.5 Å². The van der Waals surface area contributed by atoms with Crippen LogP contribution in [0, 0.1) is 0 Å². The van der Waals surface area contributed by atoms with E-state index in [9.17, 15) is 13.6 Å². The van der Waals surface area contributed by atoms with E-state index in [0.717, 1.165) is 5.69 Å².